The number of rotatable bonds is 15. The summed E-state index contributed by atoms with van der Waals surface area (Å²) in [6.07, 6.45) is 9.32. The minimum Gasteiger partial charge on any atom is -0.308 e. The molecule has 5 heteroatoms. The second-order valence-electron chi connectivity index (χ2n) is 6.34. The zero-order valence-corrected chi connectivity index (χ0v) is 16.3. The molecule has 0 amide bonds. The van der Waals surface area contributed by atoms with Gasteiger partial charge < -0.3 is 4.52 Å². The van der Waals surface area contributed by atoms with Gasteiger partial charge in [0, 0.05) is 13.2 Å². The van der Waals surface area contributed by atoms with Gasteiger partial charge in [0.25, 0.3) is 0 Å². The normalized spacial score (nSPS) is 17.1. The molecule has 22 heavy (non-hydrogen) atoms. The van der Waals surface area contributed by atoms with Gasteiger partial charge in [0.1, 0.15) is 0 Å². The van der Waals surface area contributed by atoms with Crippen LogP contribution >= 0.6 is 7.60 Å². The van der Waals surface area contributed by atoms with E-state index in [0.717, 1.165) is 25.8 Å². The first-order valence-electron chi connectivity index (χ1n) is 9.12. The van der Waals surface area contributed by atoms with Crippen molar-refractivity contribution in [3.05, 3.63) is 0 Å². The molecule has 0 bridgehead atoms. The van der Waals surface area contributed by atoms with Crippen molar-refractivity contribution in [1.29, 1.82) is 0 Å². The van der Waals surface area contributed by atoms with Crippen LogP contribution in [0, 0.1) is 11.8 Å². The molecule has 0 saturated carbocycles. The molecular weight excluding hydrogens is 297 g/mol. The molecule has 3 atom stereocenters. The van der Waals surface area contributed by atoms with Crippen molar-refractivity contribution < 1.29 is 13.7 Å². The fourth-order valence-electron chi connectivity index (χ4n) is 2.38. The maximum atomic E-state index is 12.3. The van der Waals surface area contributed by atoms with E-state index in [1.807, 2.05) is 0 Å². The highest BCUT2D eigenvalue weighted by Gasteiger charge is 2.20. The van der Waals surface area contributed by atoms with Gasteiger partial charge in [-0.15, -0.1) is 0 Å². The summed E-state index contributed by atoms with van der Waals surface area (Å²) in [6, 6.07) is 0. The fourth-order valence-corrected chi connectivity index (χ4v) is 3.22. The molecule has 0 aliphatic heterocycles. The Kier molecular flexibility index (Phi) is 13.6. The van der Waals surface area contributed by atoms with E-state index < -0.39 is 7.60 Å². The summed E-state index contributed by atoms with van der Waals surface area (Å²) in [5.74, 6) is 1.05. The quantitative estimate of drug-likeness (QED) is 0.304. The zero-order chi connectivity index (χ0) is 16.8. The van der Waals surface area contributed by atoms with Crippen molar-refractivity contribution in [2.75, 3.05) is 19.8 Å². The summed E-state index contributed by atoms with van der Waals surface area (Å²) in [6.45, 7) is 11.6. The molecule has 0 aromatic heterocycles. The molecule has 0 aromatic carbocycles. The standard InChI is InChI=1S/C17H38NO3P/c1-6-10-12-16(8-3)14-18-21-22(5,19)20-15-17(9-4)13-11-7-2/h16-18H,6-15H2,1-5H3. The third-order valence-electron chi connectivity index (χ3n) is 4.23. The second kappa shape index (κ2) is 13.5. The summed E-state index contributed by atoms with van der Waals surface area (Å²) in [5.41, 5.74) is 2.88. The minimum absolute atomic E-state index is 0.477. The van der Waals surface area contributed by atoms with Gasteiger partial charge >= 0.3 is 7.60 Å². The zero-order valence-electron chi connectivity index (χ0n) is 15.4. The predicted molar refractivity (Wildman–Crippen MR) is 95.2 cm³/mol. The summed E-state index contributed by atoms with van der Waals surface area (Å²) in [7, 11) is -3.00. The lowest BCUT2D eigenvalue weighted by Gasteiger charge is -2.20. The lowest BCUT2D eigenvalue weighted by atomic mass is 10.00. The van der Waals surface area contributed by atoms with Crippen molar-refractivity contribution in [1.82, 2.24) is 5.48 Å². The average molecular weight is 335 g/mol. The molecule has 4 nitrogen and oxygen atoms in total. The first-order chi connectivity index (χ1) is 10.5. The van der Waals surface area contributed by atoms with Crippen LogP contribution in [0.2, 0.25) is 0 Å². The Morgan fingerprint density at radius 2 is 1.50 bits per heavy atom. The highest BCUT2D eigenvalue weighted by molar-refractivity contribution is 7.52. The average Bonchev–Trinajstić information content (AvgIpc) is 2.50. The van der Waals surface area contributed by atoms with E-state index >= 15 is 0 Å². The highest BCUT2D eigenvalue weighted by Crippen LogP contribution is 2.43. The predicted octanol–water partition coefficient (Wildman–Crippen LogP) is 5.78. The van der Waals surface area contributed by atoms with Crippen LogP contribution in [0.4, 0.5) is 0 Å². The monoisotopic (exact) mass is 335 g/mol. The Bertz CT molecular complexity index is 300. The first-order valence-corrected chi connectivity index (χ1v) is 11.1. The van der Waals surface area contributed by atoms with Crippen molar-refractivity contribution in [2.45, 2.75) is 79.1 Å². The van der Waals surface area contributed by atoms with Gasteiger partial charge in [-0.25, -0.2) is 4.62 Å². The summed E-state index contributed by atoms with van der Waals surface area (Å²) < 4.78 is 23.2. The van der Waals surface area contributed by atoms with Gasteiger partial charge in [-0.3, -0.25) is 4.57 Å². The minimum atomic E-state index is -3.00. The molecule has 0 radical (unpaired) electrons. The van der Waals surface area contributed by atoms with Gasteiger partial charge in [-0.2, -0.15) is 5.48 Å². The maximum absolute atomic E-state index is 12.3. The molecule has 0 aliphatic carbocycles. The second-order valence-corrected chi connectivity index (χ2v) is 8.32. The smallest absolute Gasteiger partial charge is 0.308 e. The van der Waals surface area contributed by atoms with Crippen molar-refractivity contribution in [2.24, 2.45) is 11.8 Å². The van der Waals surface area contributed by atoms with Crippen molar-refractivity contribution in [3.8, 4) is 0 Å². The largest absolute Gasteiger partial charge is 0.343 e. The van der Waals surface area contributed by atoms with E-state index in [4.69, 9.17) is 9.15 Å². The van der Waals surface area contributed by atoms with Crippen molar-refractivity contribution >= 4 is 7.60 Å². The van der Waals surface area contributed by atoms with Crippen LogP contribution in [0.5, 0.6) is 0 Å². The molecule has 0 aromatic rings. The lowest BCUT2D eigenvalue weighted by Crippen LogP contribution is -2.22. The van der Waals surface area contributed by atoms with Gasteiger partial charge in [-0.1, -0.05) is 66.2 Å². The molecule has 0 rings (SSSR count). The Labute approximate surface area is 138 Å². The van der Waals surface area contributed by atoms with E-state index in [-0.39, 0.29) is 0 Å². The van der Waals surface area contributed by atoms with Crippen LogP contribution in [0.25, 0.3) is 0 Å². The molecule has 0 spiro atoms. The van der Waals surface area contributed by atoms with Crippen molar-refractivity contribution in [3.63, 3.8) is 0 Å². The number of hydrogen-bond acceptors (Lipinski definition) is 4. The molecule has 1 N–H and O–H groups in total. The van der Waals surface area contributed by atoms with Crippen LogP contribution in [0.1, 0.15) is 79.1 Å². The number of nitrogens with one attached hydrogen (secondary N) is 1. The fraction of sp³-hybridized carbons (Fsp3) is 1.00. The van der Waals surface area contributed by atoms with E-state index in [0.29, 0.717) is 18.4 Å². The third kappa shape index (κ3) is 11.6. The first kappa shape index (κ1) is 22.1. The summed E-state index contributed by atoms with van der Waals surface area (Å²) >= 11 is 0. The number of hydrogen-bond donors (Lipinski definition) is 1. The Morgan fingerprint density at radius 1 is 0.955 bits per heavy atom. The maximum Gasteiger partial charge on any atom is 0.343 e. The topological polar surface area (TPSA) is 47.6 Å². The Hall–Kier alpha value is 0.110. The number of unbranched alkanes of at least 4 members (excludes halogenated alkanes) is 2. The molecule has 0 aliphatic rings. The summed E-state index contributed by atoms with van der Waals surface area (Å²) in [4.78, 5) is 0. The van der Waals surface area contributed by atoms with Crippen LogP contribution in [0.3, 0.4) is 0 Å². The Morgan fingerprint density at radius 3 is 2.00 bits per heavy atom. The van der Waals surface area contributed by atoms with Gasteiger partial charge in [0.2, 0.25) is 0 Å². The molecule has 0 heterocycles. The van der Waals surface area contributed by atoms with Crippen LogP contribution in [-0.4, -0.2) is 19.8 Å². The van der Waals surface area contributed by atoms with Crippen LogP contribution in [-0.2, 0) is 13.7 Å². The van der Waals surface area contributed by atoms with Crippen LogP contribution < -0.4 is 5.48 Å². The molecule has 3 unspecified atom stereocenters. The number of hydroxylamine groups is 1. The van der Waals surface area contributed by atoms with Gasteiger partial charge in [0.05, 0.1) is 6.61 Å². The highest BCUT2D eigenvalue weighted by atomic mass is 31.2. The molecular formula is C17H38NO3P. The lowest BCUT2D eigenvalue weighted by molar-refractivity contribution is 0.117. The van der Waals surface area contributed by atoms with E-state index in [1.54, 1.807) is 6.66 Å². The van der Waals surface area contributed by atoms with Gasteiger partial charge in [-0.05, 0) is 24.7 Å². The molecule has 0 fully saturated rings. The van der Waals surface area contributed by atoms with E-state index in [2.05, 4.69) is 33.2 Å². The van der Waals surface area contributed by atoms with E-state index in [9.17, 15) is 4.57 Å². The molecule has 0 saturated heterocycles. The molecule has 134 valence electrons. The summed E-state index contributed by atoms with van der Waals surface area (Å²) in [5, 5.41) is 0. The Balaban J connectivity index is 3.99. The SMILES string of the molecule is CCCCC(CC)CNOP(C)(=O)OCC(CC)CCCC. The van der Waals surface area contributed by atoms with Crippen LogP contribution in [0.15, 0.2) is 0 Å². The van der Waals surface area contributed by atoms with Gasteiger partial charge in [0.15, 0.2) is 0 Å². The van der Waals surface area contributed by atoms with E-state index in [1.165, 1.54) is 32.1 Å². The third-order valence-corrected chi connectivity index (χ3v) is 5.31.